The van der Waals surface area contributed by atoms with Gasteiger partial charge in [0.15, 0.2) is 0 Å². The first-order valence-electron chi connectivity index (χ1n) is 4.35. The SMILES string of the molecule is CCN(CC(C)C(C)C)S(=O)O. The van der Waals surface area contributed by atoms with Gasteiger partial charge in [-0.25, -0.2) is 8.51 Å². The summed E-state index contributed by atoms with van der Waals surface area (Å²) in [4.78, 5) is 0. The molecule has 0 fully saturated rings. The van der Waals surface area contributed by atoms with Gasteiger partial charge in [-0.15, -0.1) is 0 Å². The van der Waals surface area contributed by atoms with Gasteiger partial charge in [-0.05, 0) is 11.8 Å². The summed E-state index contributed by atoms with van der Waals surface area (Å²) in [5.41, 5.74) is 0. The second-order valence-electron chi connectivity index (χ2n) is 3.43. The molecule has 0 aliphatic rings. The summed E-state index contributed by atoms with van der Waals surface area (Å²) in [6, 6.07) is 0. The maximum Gasteiger partial charge on any atom is 0.234 e. The van der Waals surface area contributed by atoms with Crippen LogP contribution in [0.5, 0.6) is 0 Å². The fraction of sp³-hybridized carbons (Fsp3) is 1.00. The Labute approximate surface area is 77.6 Å². The summed E-state index contributed by atoms with van der Waals surface area (Å²) in [6.07, 6.45) is 0. The molecule has 0 amide bonds. The summed E-state index contributed by atoms with van der Waals surface area (Å²) >= 11 is -1.81. The van der Waals surface area contributed by atoms with Crippen LogP contribution in [-0.2, 0) is 11.3 Å². The summed E-state index contributed by atoms with van der Waals surface area (Å²) in [5, 5.41) is 0. The predicted molar refractivity (Wildman–Crippen MR) is 52.0 cm³/mol. The van der Waals surface area contributed by atoms with E-state index in [1.54, 1.807) is 4.31 Å². The zero-order valence-electron chi connectivity index (χ0n) is 8.28. The van der Waals surface area contributed by atoms with Crippen molar-refractivity contribution in [3.05, 3.63) is 0 Å². The summed E-state index contributed by atoms with van der Waals surface area (Å²) in [5.74, 6) is 1.02. The molecule has 0 aromatic carbocycles. The molecule has 0 saturated heterocycles. The van der Waals surface area contributed by atoms with Gasteiger partial charge >= 0.3 is 0 Å². The van der Waals surface area contributed by atoms with Gasteiger partial charge in [0.25, 0.3) is 0 Å². The highest BCUT2D eigenvalue weighted by Gasteiger charge is 2.14. The van der Waals surface area contributed by atoms with Crippen LogP contribution < -0.4 is 0 Å². The molecule has 0 saturated carbocycles. The Kier molecular flexibility index (Phi) is 5.70. The van der Waals surface area contributed by atoms with E-state index in [1.165, 1.54) is 0 Å². The monoisotopic (exact) mass is 193 g/mol. The first-order chi connectivity index (χ1) is 5.49. The van der Waals surface area contributed by atoms with E-state index in [0.717, 1.165) is 0 Å². The molecule has 0 aromatic rings. The summed E-state index contributed by atoms with van der Waals surface area (Å²) in [7, 11) is 0. The average molecular weight is 193 g/mol. The molecule has 0 aromatic heterocycles. The fourth-order valence-corrected chi connectivity index (χ4v) is 1.42. The molecule has 3 nitrogen and oxygen atoms in total. The van der Waals surface area contributed by atoms with Crippen molar-refractivity contribution >= 4 is 11.3 Å². The third-order valence-electron chi connectivity index (χ3n) is 2.20. The predicted octanol–water partition coefficient (Wildman–Crippen LogP) is 1.74. The molecule has 2 atom stereocenters. The Balaban J connectivity index is 3.94. The molecule has 0 aliphatic carbocycles. The van der Waals surface area contributed by atoms with Crippen LogP contribution in [0.25, 0.3) is 0 Å². The average Bonchev–Trinajstić information content (AvgIpc) is 1.98. The Morgan fingerprint density at radius 1 is 1.42 bits per heavy atom. The van der Waals surface area contributed by atoms with Crippen LogP contribution in [0, 0.1) is 11.8 Å². The van der Waals surface area contributed by atoms with Crippen LogP contribution in [0.3, 0.4) is 0 Å². The normalized spacial score (nSPS) is 16.9. The fourth-order valence-electron chi connectivity index (χ4n) is 0.835. The molecule has 0 rings (SSSR count). The molecule has 0 radical (unpaired) electrons. The van der Waals surface area contributed by atoms with E-state index >= 15 is 0 Å². The maximum atomic E-state index is 10.7. The van der Waals surface area contributed by atoms with Gasteiger partial charge < -0.3 is 0 Å². The minimum atomic E-state index is -1.81. The minimum Gasteiger partial charge on any atom is -0.294 e. The van der Waals surface area contributed by atoms with Crippen LogP contribution in [-0.4, -0.2) is 26.2 Å². The molecule has 12 heavy (non-hydrogen) atoms. The van der Waals surface area contributed by atoms with Crippen molar-refractivity contribution in [1.29, 1.82) is 0 Å². The molecule has 0 bridgehead atoms. The van der Waals surface area contributed by atoms with Crippen molar-refractivity contribution in [2.45, 2.75) is 27.7 Å². The first-order valence-corrected chi connectivity index (χ1v) is 5.41. The van der Waals surface area contributed by atoms with E-state index < -0.39 is 11.3 Å². The van der Waals surface area contributed by atoms with E-state index in [-0.39, 0.29) is 0 Å². The van der Waals surface area contributed by atoms with E-state index in [4.69, 9.17) is 4.55 Å². The lowest BCUT2D eigenvalue weighted by atomic mass is 9.98. The van der Waals surface area contributed by atoms with Crippen molar-refractivity contribution in [2.24, 2.45) is 11.8 Å². The molecule has 0 aliphatic heterocycles. The molecule has 1 N–H and O–H groups in total. The highest BCUT2D eigenvalue weighted by molar-refractivity contribution is 7.76. The topological polar surface area (TPSA) is 40.5 Å². The highest BCUT2D eigenvalue weighted by Crippen LogP contribution is 2.11. The largest absolute Gasteiger partial charge is 0.294 e. The Bertz CT molecular complexity index is 150. The lowest BCUT2D eigenvalue weighted by Gasteiger charge is -2.22. The standard InChI is InChI=1S/C8H19NO2S/c1-5-9(12(10)11)6-8(4)7(2)3/h7-8H,5-6H2,1-4H3,(H,10,11). The van der Waals surface area contributed by atoms with Gasteiger partial charge in [-0.2, -0.15) is 0 Å². The molecular weight excluding hydrogens is 174 g/mol. The first kappa shape index (κ1) is 12.1. The number of nitrogens with zero attached hydrogens (tertiary/aromatic N) is 1. The van der Waals surface area contributed by atoms with Gasteiger partial charge in [-0.3, -0.25) is 4.55 Å². The smallest absolute Gasteiger partial charge is 0.234 e. The quantitative estimate of drug-likeness (QED) is 0.676. The van der Waals surface area contributed by atoms with E-state index in [9.17, 15) is 4.21 Å². The Morgan fingerprint density at radius 2 is 1.92 bits per heavy atom. The van der Waals surface area contributed by atoms with Gasteiger partial charge in [0.05, 0.1) is 0 Å². The highest BCUT2D eigenvalue weighted by atomic mass is 32.2. The van der Waals surface area contributed by atoms with E-state index in [0.29, 0.717) is 24.9 Å². The Hall–Kier alpha value is 0.0700. The molecular formula is C8H19NO2S. The lowest BCUT2D eigenvalue weighted by Crippen LogP contribution is -2.31. The second kappa shape index (κ2) is 5.67. The van der Waals surface area contributed by atoms with Crippen LogP contribution in [0.2, 0.25) is 0 Å². The lowest BCUT2D eigenvalue weighted by molar-refractivity contribution is 0.307. The van der Waals surface area contributed by atoms with Crippen LogP contribution in [0.1, 0.15) is 27.7 Å². The number of hydrogen-bond donors (Lipinski definition) is 1. The number of hydrogen-bond acceptors (Lipinski definition) is 1. The van der Waals surface area contributed by atoms with Gasteiger partial charge in [0.2, 0.25) is 11.3 Å². The molecule has 4 heteroatoms. The van der Waals surface area contributed by atoms with Crippen molar-refractivity contribution in [1.82, 2.24) is 4.31 Å². The van der Waals surface area contributed by atoms with Crippen LogP contribution in [0.15, 0.2) is 0 Å². The third-order valence-corrected chi connectivity index (χ3v) is 3.05. The molecule has 74 valence electrons. The molecule has 0 heterocycles. The second-order valence-corrected chi connectivity index (χ2v) is 4.41. The van der Waals surface area contributed by atoms with Gasteiger partial charge in [-0.1, -0.05) is 27.7 Å². The number of rotatable bonds is 5. The van der Waals surface area contributed by atoms with Crippen LogP contribution in [0.4, 0.5) is 0 Å². The third kappa shape index (κ3) is 4.18. The van der Waals surface area contributed by atoms with Crippen molar-refractivity contribution < 1.29 is 8.76 Å². The zero-order chi connectivity index (χ0) is 9.72. The zero-order valence-corrected chi connectivity index (χ0v) is 9.10. The minimum absolute atomic E-state index is 0.459. The maximum absolute atomic E-state index is 10.7. The van der Waals surface area contributed by atoms with Crippen molar-refractivity contribution in [3.8, 4) is 0 Å². The Morgan fingerprint density at radius 3 is 2.17 bits per heavy atom. The van der Waals surface area contributed by atoms with Crippen molar-refractivity contribution in [3.63, 3.8) is 0 Å². The van der Waals surface area contributed by atoms with Crippen molar-refractivity contribution in [2.75, 3.05) is 13.1 Å². The molecule has 0 spiro atoms. The van der Waals surface area contributed by atoms with Gasteiger partial charge in [0, 0.05) is 13.1 Å². The van der Waals surface area contributed by atoms with Crippen LogP contribution >= 0.6 is 0 Å². The van der Waals surface area contributed by atoms with Gasteiger partial charge in [0.1, 0.15) is 0 Å². The van der Waals surface area contributed by atoms with E-state index in [1.807, 2.05) is 6.92 Å². The van der Waals surface area contributed by atoms with E-state index in [2.05, 4.69) is 20.8 Å². The molecule has 2 unspecified atom stereocenters. The summed E-state index contributed by atoms with van der Waals surface area (Å²) < 4.78 is 21.1. The summed E-state index contributed by atoms with van der Waals surface area (Å²) in [6.45, 7) is 9.55.